The molecular formula is C15H27N3O3. The van der Waals surface area contributed by atoms with Crippen LogP contribution in [0.2, 0.25) is 0 Å². The number of carbonyl (C=O) groups excluding carboxylic acids is 1. The van der Waals surface area contributed by atoms with Gasteiger partial charge in [0.05, 0.1) is 12.0 Å². The highest BCUT2D eigenvalue weighted by Gasteiger charge is 2.40. The fourth-order valence-corrected chi connectivity index (χ4v) is 3.46. The second-order valence-corrected chi connectivity index (χ2v) is 6.23. The normalized spacial score (nSPS) is 28.1. The van der Waals surface area contributed by atoms with Crippen molar-refractivity contribution in [1.29, 1.82) is 0 Å². The summed E-state index contributed by atoms with van der Waals surface area (Å²) in [6, 6.07) is 0. The van der Waals surface area contributed by atoms with Crippen LogP contribution in [0.3, 0.4) is 0 Å². The van der Waals surface area contributed by atoms with E-state index in [9.17, 15) is 9.59 Å². The van der Waals surface area contributed by atoms with E-state index in [0.29, 0.717) is 13.1 Å². The zero-order chi connectivity index (χ0) is 15.3. The summed E-state index contributed by atoms with van der Waals surface area (Å²) < 4.78 is 0. The van der Waals surface area contributed by atoms with E-state index in [0.717, 1.165) is 51.9 Å². The minimum Gasteiger partial charge on any atom is -0.480 e. The molecule has 1 amide bonds. The van der Waals surface area contributed by atoms with Crippen molar-refractivity contribution in [2.75, 3.05) is 45.8 Å². The van der Waals surface area contributed by atoms with Crippen LogP contribution < -0.4 is 5.32 Å². The van der Waals surface area contributed by atoms with E-state index in [1.54, 1.807) is 0 Å². The minimum absolute atomic E-state index is 0.0719. The first kappa shape index (κ1) is 16.2. The van der Waals surface area contributed by atoms with E-state index in [2.05, 4.69) is 12.2 Å². The Bertz CT molecular complexity index is 380. The molecule has 6 nitrogen and oxygen atoms in total. The van der Waals surface area contributed by atoms with Crippen LogP contribution in [0.15, 0.2) is 0 Å². The summed E-state index contributed by atoms with van der Waals surface area (Å²) in [6.07, 6.45) is 3.74. The summed E-state index contributed by atoms with van der Waals surface area (Å²) in [5.41, 5.74) is -0.250. The Morgan fingerprint density at radius 1 is 1.19 bits per heavy atom. The Morgan fingerprint density at radius 2 is 2.00 bits per heavy atom. The number of carboxylic acid groups (broad SMARTS) is 1. The van der Waals surface area contributed by atoms with Crippen molar-refractivity contribution in [3.63, 3.8) is 0 Å². The van der Waals surface area contributed by atoms with Gasteiger partial charge in [-0.2, -0.15) is 0 Å². The van der Waals surface area contributed by atoms with Crippen molar-refractivity contribution < 1.29 is 14.7 Å². The Morgan fingerprint density at radius 3 is 2.62 bits per heavy atom. The van der Waals surface area contributed by atoms with E-state index >= 15 is 0 Å². The molecular weight excluding hydrogens is 270 g/mol. The highest BCUT2D eigenvalue weighted by molar-refractivity contribution is 5.83. The highest BCUT2D eigenvalue weighted by atomic mass is 16.4. The van der Waals surface area contributed by atoms with E-state index in [1.807, 2.05) is 9.80 Å². The van der Waals surface area contributed by atoms with Gasteiger partial charge in [-0.1, -0.05) is 6.92 Å². The van der Waals surface area contributed by atoms with Gasteiger partial charge in [0, 0.05) is 32.7 Å². The van der Waals surface area contributed by atoms with E-state index in [4.69, 9.17) is 5.11 Å². The molecule has 2 fully saturated rings. The standard InChI is InChI=1S/C15H27N3O3/c1-2-15(5-3-6-16-12-15)14(21)18-8-4-7-17(9-10-18)11-13(19)20/h16H,2-12H2,1H3,(H,19,20). The molecule has 1 unspecified atom stereocenters. The maximum absolute atomic E-state index is 12.9. The summed E-state index contributed by atoms with van der Waals surface area (Å²) in [4.78, 5) is 27.6. The first-order chi connectivity index (χ1) is 10.1. The van der Waals surface area contributed by atoms with Gasteiger partial charge in [0.15, 0.2) is 0 Å². The van der Waals surface area contributed by atoms with E-state index in [1.165, 1.54) is 0 Å². The molecule has 2 saturated heterocycles. The molecule has 0 radical (unpaired) electrons. The van der Waals surface area contributed by atoms with Crippen molar-refractivity contribution in [2.24, 2.45) is 5.41 Å². The molecule has 6 heteroatoms. The van der Waals surface area contributed by atoms with Gasteiger partial charge in [0.1, 0.15) is 0 Å². The third-order valence-electron chi connectivity index (χ3n) is 4.84. The Labute approximate surface area is 126 Å². The maximum atomic E-state index is 12.9. The van der Waals surface area contributed by atoms with Crippen molar-refractivity contribution in [2.45, 2.75) is 32.6 Å². The van der Waals surface area contributed by atoms with Crippen LogP contribution in [-0.2, 0) is 9.59 Å². The van der Waals surface area contributed by atoms with Gasteiger partial charge in [-0.3, -0.25) is 14.5 Å². The Balaban J connectivity index is 1.97. The van der Waals surface area contributed by atoms with Gasteiger partial charge < -0.3 is 15.3 Å². The lowest BCUT2D eigenvalue weighted by Crippen LogP contribution is -2.52. The largest absolute Gasteiger partial charge is 0.480 e. The number of carbonyl (C=O) groups is 2. The van der Waals surface area contributed by atoms with Crippen LogP contribution >= 0.6 is 0 Å². The maximum Gasteiger partial charge on any atom is 0.317 e. The van der Waals surface area contributed by atoms with E-state index < -0.39 is 5.97 Å². The number of rotatable bonds is 4. The van der Waals surface area contributed by atoms with Gasteiger partial charge in [0.25, 0.3) is 0 Å². The molecule has 120 valence electrons. The molecule has 2 aliphatic heterocycles. The number of aliphatic carboxylic acids is 1. The summed E-state index contributed by atoms with van der Waals surface area (Å²) >= 11 is 0. The summed E-state index contributed by atoms with van der Waals surface area (Å²) in [6.45, 7) is 6.75. The average Bonchev–Trinajstić information content (AvgIpc) is 2.72. The first-order valence-electron chi connectivity index (χ1n) is 8.02. The van der Waals surface area contributed by atoms with Crippen LogP contribution in [0, 0.1) is 5.41 Å². The molecule has 0 spiro atoms. The highest BCUT2D eigenvalue weighted by Crippen LogP contribution is 2.32. The number of hydrogen-bond donors (Lipinski definition) is 2. The number of nitrogens with one attached hydrogen (secondary N) is 1. The number of hydrogen-bond acceptors (Lipinski definition) is 4. The van der Waals surface area contributed by atoms with Crippen LogP contribution in [-0.4, -0.2) is 72.6 Å². The SMILES string of the molecule is CCC1(C(=O)N2CCCN(CC(=O)O)CC2)CCCNC1. The molecule has 2 rings (SSSR count). The van der Waals surface area contributed by atoms with Crippen molar-refractivity contribution in [3.8, 4) is 0 Å². The zero-order valence-electron chi connectivity index (χ0n) is 12.9. The fraction of sp³-hybridized carbons (Fsp3) is 0.867. The summed E-state index contributed by atoms with van der Waals surface area (Å²) in [7, 11) is 0. The predicted octanol–water partition coefficient (Wildman–Crippen LogP) is 0.385. The molecule has 21 heavy (non-hydrogen) atoms. The molecule has 0 aromatic rings. The molecule has 0 aliphatic carbocycles. The minimum atomic E-state index is -0.795. The van der Waals surface area contributed by atoms with Crippen LogP contribution in [0.5, 0.6) is 0 Å². The number of nitrogens with zero attached hydrogens (tertiary/aromatic N) is 2. The first-order valence-corrected chi connectivity index (χ1v) is 8.02. The number of carboxylic acids is 1. The molecule has 0 bridgehead atoms. The van der Waals surface area contributed by atoms with Crippen LogP contribution in [0.25, 0.3) is 0 Å². The van der Waals surface area contributed by atoms with Gasteiger partial charge in [-0.05, 0) is 32.2 Å². The Hall–Kier alpha value is -1.14. The Kier molecular flexibility index (Phi) is 5.58. The quantitative estimate of drug-likeness (QED) is 0.785. The van der Waals surface area contributed by atoms with Crippen molar-refractivity contribution in [1.82, 2.24) is 15.1 Å². The third kappa shape index (κ3) is 3.95. The summed E-state index contributed by atoms with van der Waals surface area (Å²) in [5.74, 6) is -0.536. The van der Waals surface area contributed by atoms with Gasteiger partial charge in [-0.25, -0.2) is 0 Å². The molecule has 2 N–H and O–H groups in total. The molecule has 1 atom stereocenters. The smallest absolute Gasteiger partial charge is 0.317 e. The molecule has 0 aromatic heterocycles. The molecule has 2 heterocycles. The van der Waals surface area contributed by atoms with Crippen molar-refractivity contribution in [3.05, 3.63) is 0 Å². The second kappa shape index (κ2) is 7.22. The predicted molar refractivity (Wildman–Crippen MR) is 80.1 cm³/mol. The topological polar surface area (TPSA) is 72.9 Å². The van der Waals surface area contributed by atoms with Crippen LogP contribution in [0.1, 0.15) is 32.6 Å². The monoisotopic (exact) mass is 297 g/mol. The van der Waals surface area contributed by atoms with E-state index in [-0.39, 0.29) is 17.9 Å². The summed E-state index contributed by atoms with van der Waals surface area (Å²) in [5, 5.41) is 12.2. The molecule has 0 saturated carbocycles. The average molecular weight is 297 g/mol. The van der Waals surface area contributed by atoms with Gasteiger partial charge in [0.2, 0.25) is 5.91 Å². The lowest BCUT2D eigenvalue weighted by molar-refractivity contribution is -0.143. The van der Waals surface area contributed by atoms with Gasteiger partial charge >= 0.3 is 5.97 Å². The number of piperidine rings is 1. The molecule has 0 aromatic carbocycles. The van der Waals surface area contributed by atoms with Crippen LogP contribution in [0.4, 0.5) is 0 Å². The lowest BCUT2D eigenvalue weighted by atomic mass is 9.77. The lowest BCUT2D eigenvalue weighted by Gasteiger charge is -2.39. The fourth-order valence-electron chi connectivity index (χ4n) is 3.46. The second-order valence-electron chi connectivity index (χ2n) is 6.23. The number of amides is 1. The molecule has 2 aliphatic rings. The van der Waals surface area contributed by atoms with Crippen molar-refractivity contribution >= 4 is 11.9 Å². The third-order valence-corrected chi connectivity index (χ3v) is 4.84. The zero-order valence-corrected chi connectivity index (χ0v) is 12.9. The van der Waals surface area contributed by atoms with Gasteiger partial charge in [-0.15, -0.1) is 0 Å².